The van der Waals surface area contributed by atoms with E-state index in [1.165, 1.54) is 0 Å². The van der Waals surface area contributed by atoms with Crippen molar-refractivity contribution >= 4 is 17.0 Å². The number of phenolic OH excluding ortho intramolecular Hbond substituents is 1. The van der Waals surface area contributed by atoms with Crippen molar-refractivity contribution in [3.05, 3.63) is 71.8 Å². The molecule has 0 fully saturated rings. The molecule has 0 amide bonds. The second kappa shape index (κ2) is 7.84. The Morgan fingerprint density at radius 3 is 2.52 bits per heavy atom. The molecule has 0 saturated carbocycles. The molecule has 1 atom stereocenters. The zero-order valence-corrected chi connectivity index (χ0v) is 14.6. The van der Waals surface area contributed by atoms with Gasteiger partial charge in [-0.05, 0) is 53.1 Å². The molecule has 0 heterocycles. The summed E-state index contributed by atoms with van der Waals surface area (Å²) in [5.74, 6) is 1.14. The molecule has 0 saturated heterocycles. The van der Waals surface area contributed by atoms with E-state index in [2.05, 4.69) is 19.1 Å². The van der Waals surface area contributed by atoms with Crippen molar-refractivity contribution < 1.29 is 9.84 Å². The molecule has 128 valence electrons. The van der Waals surface area contributed by atoms with Crippen LogP contribution in [0.15, 0.2) is 65.7 Å². The molecule has 1 N–H and O–H groups in total. The van der Waals surface area contributed by atoms with Crippen molar-refractivity contribution in [2.45, 2.75) is 25.8 Å². The third-order valence-electron chi connectivity index (χ3n) is 4.36. The topological polar surface area (TPSA) is 41.8 Å². The fraction of sp³-hybridized carbons (Fsp3) is 0.227. The quantitative estimate of drug-likeness (QED) is 0.604. The van der Waals surface area contributed by atoms with Crippen LogP contribution in [0.25, 0.3) is 10.8 Å². The van der Waals surface area contributed by atoms with Gasteiger partial charge in [0, 0.05) is 11.8 Å². The molecule has 3 heteroatoms. The van der Waals surface area contributed by atoms with Gasteiger partial charge >= 0.3 is 0 Å². The molecule has 3 rings (SSSR count). The summed E-state index contributed by atoms with van der Waals surface area (Å²) in [5, 5.41) is 12.7. The number of aliphatic imine (C=N–C) groups is 1. The van der Waals surface area contributed by atoms with E-state index in [-0.39, 0.29) is 6.04 Å². The predicted octanol–water partition coefficient (Wildman–Crippen LogP) is 5.51. The molecule has 1 unspecified atom stereocenters. The number of fused-ring (bicyclic) bond motifs is 1. The minimum absolute atomic E-state index is 0.0711. The maximum atomic E-state index is 10.5. The average Bonchev–Trinajstić information content (AvgIpc) is 2.66. The standard InChI is InChI=1S/C22H23NO2/c1-3-6-20(23-15-16-9-12-18(25-2)13-10-16)22-19-8-5-4-7-17(19)11-14-21(22)24/h4-5,7-15,20,24H,3,6H2,1-2H3. The second-order valence-corrected chi connectivity index (χ2v) is 6.08. The van der Waals surface area contributed by atoms with E-state index < -0.39 is 0 Å². The summed E-state index contributed by atoms with van der Waals surface area (Å²) in [6.45, 7) is 2.14. The number of aromatic hydroxyl groups is 1. The third kappa shape index (κ3) is 3.82. The Hall–Kier alpha value is -2.81. The first-order valence-corrected chi connectivity index (χ1v) is 8.60. The molecule has 0 aliphatic rings. The van der Waals surface area contributed by atoms with E-state index in [1.54, 1.807) is 13.2 Å². The van der Waals surface area contributed by atoms with Gasteiger partial charge in [-0.1, -0.05) is 43.7 Å². The van der Waals surface area contributed by atoms with Gasteiger partial charge in [-0.3, -0.25) is 4.99 Å². The van der Waals surface area contributed by atoms with E-state index in [0.29, 0.717) is 5.75 Å². The van der Waals surface area contributed by atoms with Gasteiger partial charge in [0.25, 0.3) is 0 Å². The van der Waals surface area contributed by atoms with E-state index in [1.807, 2.05) is 48.7 Å². The molecule has 25 heavy (non-hydrogen) atoms. The van der Waals surface area contributed by atoms with Crippen LogP contribution in [0.2, 0.25) is 0 Å². The Morgan fingerprint density at radius 2 is 1.80 bits per heavy atom. The summed E-state index contributed by atoms with van der Waals surface area (Å²) >= 11 is 0. The predicted molar refractivity (Wildman–Crippen MR) is 104 cm³/mol. The number of hydrogen-bond acceptors (Lipinski definition) is 3. The summed E-state index contributed by atoms with van der Waals surface area (Å²) in [4.78, 5) is 4.79. The molecule has 0 aliphatic carbocycles. The van der Waals surface area contributed by atoms with E-state index in [0.717, 1.165) is 40.5 Å². The van der Waals surface area contributed by atoms with Gasteiger partial charge in [0.1, 0.15) is 11.5 Å². The number of nitrogens with zero attached hydrogens (tertiary/aromatic N) is 1. The molecule has 3 nitrogen and oxygen atoms in total. The normalized spacial score (nSPS) is 12.6. The maximum Gasteiger partial charge on any atom is 0.121 e. The third-order valence-corrected chi connectivity index (χ3v) is 4.36. The van der Waals surface area contributed by atoms with E-state index in [4.69, 9.17) is 9.73 Å². The zero-order valence-electron chi connectivity index (χ0n) is 14.6. The Balaban J connectivity index is 1.98. The smallest absolute Gasteiger partial charge is 0.121 e. The van der Waals surface area contributed by atoms with Gasteiger partial charge in [-0.2, -0.15) is 0 Å². The maximum absolute atomic E-state index is 10.5. The van der Waals surface area contributed by atoms with Crippen molar-refractivity contribution in [3.8, 4) is 11.5 Å². The molecule has 0 bridgehead atoms. The number of hydrogen-bond donors (Lipinski definition) is 1. The number of phenols is 1. The van der Waals surface area contributed by atoms with Crippen molar-refractivity contribution in [2.24, 2.45) is 4.99 Å². The van der Waals surface area contributed by atoms with Gasteiger partial charge in [-0.15, -0.1) is 0 Å². The van der Waals surface area contributed by atoms with Crippen LogP contribution in [-0.2, 0) is 0 Å². The van der Waals surface area contributed by atoms with Gasteiger partial charge in [0.2, 0.25) is 0 Å². The number of benzene rings is 3. The van der Waals surface area contributed by atoms with E-state index >= 15 is 0 Å². The Labute approximate surface area is 148 Å². The summed E-state index contributed by atoms with van der Waals surface area (Å²) in [6, 6.07) is 19.6. The SMILES string of the molecule is CCCC(N=Cc1ccc(OC)cc1)c1c(O)ccc2ccccc12. The van der Waals surface area contributed by atoms with Crippen molar-refractivity contribution in [1.29, 1.82) is 0 Å². The summed E-state index contributed by atoms with van der Waals surface area (Å²) in [7, 11) is 1.66. The molecule has 0 aliphatic heterocycles. The van der Waals surface area contributed by atoms with Crippen LogP contribution >= 0.6 is 0 Å². The van der Waals surface area contributed by atoms with Crippen LogP contribution in [0.4, 0.5) is 0 Å². The number of rotatable bonds is 6. The van der Waals surface area contributed by atoms with Crippen molar-refractivity contribution in [2.75, 3.05) is 7.11 Å². The van der Waals surface area contributed by atoms with Crippen molar-refractivity contribution in [3.63, 3.8) is 0 Å². The summed E-state index contributed by atoms with van der Waals surface area (Å²) < 4.78 is 5.19. The highest BCUT2D eigenvalue weighted by Gasteiger charge is 2.16. The van der Waals surface area contributed by atoms with Crippen LogP contribution < -0.4 is 4.74 Å². The van der Waals surface area contributed by atoms with Crippen LogP contribution in [0.3, 0.4) is 0 Å². The number of methoxy groups -OCH3 is 1. The first-order chi connectivity index (χ1) is 12.2. The fourth-order valence-corrected chi connectivity index (χ4v) is 3.07. The first-order valence-electron chi connectivity index (χ1n) is 8.60. The molecular weight excluding hydrogens is 310 g/mol. The highest BCUT2D eigenvalue weighted by Crippen LogP contribution is 2.36. The molecule has 0 radical (unpaired) electrons. The highest BCUT2D eigenvalue weighted by atomic mass is 16.5. The molecule has 0 aromatic heterocycles. The van der Waals surface area contributed by atoms with Crippen molar-refractivity contribution in [1.82, 2.24) is 0 Å². The van der Waals surface area contributed by atoms with Crippen LogP contribution in [-0.4, -0.2) is 18.4 Å². The highest BCUT2D eigenvalue weighted by molar-refractivity contribution is 5.88. The Kier molecular flexibility index (Phi) is 5.34. The van der Waals surface area contributed by atoms with Gasteiger partial charge in [0.05, 0.1) is 13.2 Å². The minimum Gasteiger partial charge on any atom is -0.508 e. The second-order valence-electron chi connectivity index (χ2n) is 6.08. The lowest BCUT2D eigenvalue weighted by molar-refractivity contribution is 0.415. The molecule has 3 aromatic carbocycles. The lowest BCUT2D eigenvalue weighted by Gasteiger charge is -2.16. The fourth-order valence-electron chi connectivity index (χ4n) is 3.07. The molecule has 0 spiro atoms. The van der Waals surface area contributed by atoms with Gasteiger partial charge in [-0.25, -0.2) is 0 Å². The largest absolute Gasteiger partial charge is 0.508 e. The van der Waals surface area contributed by atoms with Crippen LogP contribution in [0.1, 0.15) is 36.9 Å². The first kappa shape index (κ1) is 17.0. The average molecular weight is 333 g/mol. The lowest BCUT2D eigenvalue weighted by Crippen LogP contribution is -1.99. The van der Waals surface area contributed by atoms with Crippen LogP contribution in [0, 0.1) is 0 Å². The Morgan fingerprint density at radius 1 is 1.04 bits per heavy atom. The molecular formula is C22H23NO2. The van der Waals surface area contributed by atoms with Gasteiger partial charge in [0.15, 0.2) is 0 Å². The monoisotopic (exact) mass is 333 g/mol. The van der Waals surface area contributed by atoms with Gasteiger partial charge < -0.3 is 9.84 Å². The Bertz CT molecular complexity index is 869. The lowest BCUT2D eigenvalue weighted by atomic mass is 9.95. The minimum atomic E-state index is -0.0711. The number of ether oxygens (including phenoxy) is 1. The summed E-state index contributed by atoms with van der Waals surface area (Å²) in [6.07, 6.45) is 3.75. The zero-order chi connectivity index (χ0) is 17.6. The van der Waals surface area contributed by atoms with Crippen LogP contribution in [0.5, 0.6) is 11.5 Å². The summed E-state index contributed by atoms with van der Waals surface area (Å²) in [5.41, 5.74) is 1.92. The van der Waals surface area contributed by atoms with E-state index in [9.17, 15) is 5.11 Å². The molecule has 3 aromatic rings.